The summed E-state index contributed by atoms with van der Waals surface area (Å²) in [7, 11) is 4.27. The van der Waals surface area contributed by atoms with Crippen molar-refractivity contribution in [3.8, 4) is 0 Å². The highest BCUT2D eigenvalue weighted by Gasteiger charge is 2.19. The Bertz CT molecular complexity index is 622. The van der Waals surface area contributed by atoms with Gasteiger partial charge in [-0.15, -0.1) is 0 Å². The monoisotopic (exact) mass is 284 g/mol. The predicted molar refractivity (Wildman–Crippen MR) is 87.1 cm³/mol. The SMILES string of the molecule is CC(Cc1cccc2c1Nc1ccccc1S2)N(C)C. The lowest BCUT2D eigenvalue weighted by Crippen LogP contribution is -2.27. The molecule has 1 heterocycles. The van der Waals surface area contributed by atoms with Crippen molar-refractivity contribution in [2.45, 2.75) is 29.2 Å². The third kappa shape index (κ3) is 2.56. The molecule has 0 fully saturated rings. The summed E-state index contributed by atoms with van der Waals surface area (Å²) in [5.41, 5.74) is 3.89. The zero-order valence-corrected chi connectivity index (χ0v) is 13.0. The first kappa shape index (κ1) is 13.5. The zero-order valence-electron chi connectivity index (χ0n) is 12.2. The topological polar surface area (TPSA) is 15.3 Å². The molecule has 2 nitrogen and oxygen atoms in total. The van der Waals surface area contributed by atoms with Crippen LogP contribution in [0.5, 0.6) is 0 Å². The molecule has 0 amide bonds. The van der Waals surface area contributed by atoms with E-state index in [1.54, 1.807) is 0 Å². The molecule has 0 saturated carbocycles. The number of nitrogens with zero attached hydrogens (tertiary/aromatic N) is 1. The Labute approximate surface area is 125 Å². The molecule has 1 aliphatic rings. The lowest BCUT2D eigenvalue weighted by Gasteiger charge is -2.26. The van der Waals surface area contributed by atoms with Crippen LogP contribution in [0.2, 0.25) is 0 Å². The summed E-state index contributed by atoms with van der Waals surface area (Å²) >= 11 is 1.86. The van der Waals surface area contributed by atoms with Gasteiger partial charge in [-0.1, -0.05) is 36.0 Å². The third-order valence-electron chi connectivity index (χ3n) is 3.88. The number of nitrogens with one attached hydrogen (secondary N) is 1. The molecule has 0 aliphatic carbocycles. The van der Waals surface area contributed by atoms with E-state index in [-0.39, 0.29) is 0 Å². The van der Waals surface area contributed by atoms with Crippen LogP contribution in [0.25, 0.3) is 0 Å². The van der Waals surface area contributed by atoms with E-state index in [9.17, 15) is 0 Å². The molecule has 104 valence electrons. The molecular weight excluding hydrogens is 264 g/mol. The molecule has 20 heavy (non-hydrogen) atoms. The summed E-state index contributed by atoms with van der Waals surface area (Å²) in [4.78, 5) is 4.90. The highest BCUT2D eigenvalue weighted by Crippen LogP contribution is 2.45. The minimum Gasteiger partial charge on any atom is -0.353 e. The number of anilines is 2. The van der Waals surface area contributed by atoms with Crippen molar-refractivity contribution in [1.82, 2.24) is 4.90 Å². The first-order valence-electron chi connectivity index (χ1n) is 6.97. The minimum absolute atomic E-state index is 0.533. The van der Waals surface area contributed by atoms with Gasteiger partial charge < -0.3 is 10.2 Å². The van der Waals surface area contributed by atoms with E-state index in [0.29, 0.717) is 6.04 Å². The number of rotatable bonds is 3. The lowest BCUT2D eigenvalue weighted by molar-refractivity contribution is 0.312. The molecule has 2 aromatic carbocycles. The number of likely N-dealkylation sites (N-methyl/N-ethyl adjacent to an activating group) is 1. The van der Waals surface area contributed by atoms with Gasteiger partial charge >= 0.3 is 0 Å². The fourth-order valence-corrected chi connectivity index (χ4v) is 3.43. The Hall–Kier alpha value is -1.45. The van der Waals surface area contributed by atoms with Gasteiger partial charge in [-0.25, -0.2) is 0 Å². The molecule has 2 aromatic rings. The van der Waals surface area contributed by atoms with Crippen molar-refractivity contribution >= 4 is 23.1 Å². The molecule has 3 heteroatoms. The summed E-state index contributed by atoms with van der Waals surface area (Å²) < 4.78 is 0. The second-order valence-electron chi connectivity index (χ2n) is 5.53. The van der Waals surface area contributed by atoms with Gasteiger partial charge in [0, 0.05) is 15.8 Å². The first-order chi connectivity index (χ1) is 9.65. The second-order valence-corrected chi connectivity index (χ2v) is 6.61. The Balaban J connectivity index is 1.94. The fourth-order valence-electron chi connectivity index (χ4n) is 2.39. The number of hydrogen-bond donors (Lipinski definition) is 1. The first-order valence-corrected chi connectivity index (χ1v) is 7.79. The van der Waals surface area contributed by atoms with Gasteiger partial charge in [0.2, 0.25) is 0 Å². The van der Waals surface area contributed by atoms with Gasteiger partial charge in [-0.05, 0) is 51.2 Å². The Morgan fingerprint density at radius 2 is 1.80 bits per heavy atom. The molecule has 0 radical (unpaired) electrons. The third-order valence-corrected chi connectivity index (χ3v) is 5.01. The van der Waals surface area contributed by atoms with Gasteiger partial charge in [0.15, 0.2) is 0 Å². The molecule has 0 bridgehead atoms. The average molecular weight is 284 g/mol. The van der Waals surface area contributed by atoms with Crippen molar-refractivity contribution in [1.29, 1.82) is 0 Å². The number of fused-ring (bicyclic) bond motifs is 2. The molecule has 1 aliphatic heterocycles. The van der Waals surface area contributed by atoms with Crippen molar-refractivity contribution in [2.75, 3.05) is 19.4 Å². The van der Waals surface area contributed by atoms with E-state index >= 15 is 0 Å². The Kier molecular flexibility index (Phi) is 3.72. The zero-order chi connectivity index (χ0) is 14.1. The quantitative estimate of drug-likeness (QED) is 0.768. The summed E-state index contributed by atoms with van der Waals surface area (Å²) in [5, 5.41) is 3.61. The number of hydrogen-bond acceptors (Lipinski definition) is 3. The van der Waals surface area contributed by atoms with Crippen LogP contribution in [-0.4, -0.2) is 25.0 Å². The molecule has 0 saturated heterocycles. The molecule has 1 N–H and O–H groups in total. The van der Waals surface area contributed by atoms with Crippen LogP contribution in [0.1, 0.15) is 12.5 Å². The fraction of sp³-hybridized carbons (Fsp3) is 0.294. The van der Waals surface area contributed by atoms with Crippen molar-refractivity contribution in [3.63, 3.8) is 0 Å². The highest BCUT2D eigenvalue weighted by atomic mass is 32.2. The summed E-state index contributed by atoms with van der Waals surface area (Å²) in [6, 6.07) is 15.6. The Morgan fingerprint density at radius 3 is 2.60 bits per heavy atom. The van der Waals surface area contributed by atoms with E-state index < -0.39 is 0 Å². The van der Waals surface area contributed by atoms with Crippen LogP contribution in [0.15, 0.2) is 52.3 Å². The maximum atomic E-state index is 3.61. The second kappa shape index (κ2) is 5.51. The van der Waals surface area contributed by atoms with Crippen molar-refractivity contribution in [3.05, 3.63) is 48.0 Å². The van der Waals surface area contributed by atoms with Crippen molar-refractivity contribution < 1.29 is 0 Å². The maximum absolute atomic E-state index is 3.61. The van der Waals surface area contributed by atoms with Gasteiger partial charge in [-0.3, -0.25) is 0 Å². The molecule has 1 atom stereocenters. The highest BCUT2D eigenvalue weighted by molar-refractivity contribution is 7.99. The lowest BCUT2D eigenvalue weighted by atomic mass is 10.0. The van der Waals surface area contributed by atoms with E-state index in [2.05, 4.69) is 73.7 Å². The summed E-state index contributed by atoms with van der Waals surface area (Å²) in [6.45, 7) is 2.27. The van der Waals surface area contributed by atoms with Crippen LogP contribution in [0, 0.1) is 0 Å². The molecule has 0 spiro atoms. The standard InChI is InChI=1S/C17H20N2S/c1-12(19(2)3)11-13-7-6-10-16-17(13)18-14-8-4-5-9-15(14)20-16/h4-10,12,18H,11H2,1-3H3. The molecule has 0 aromatic heterocycles. The van der Waals surface area contributed by atoms with Gasteiger partial charge in [0.05, 0.1) is 11.4 Å². The van der Waals surface area contributed by atoms with Gasteiger partial charge in [0.1, 0.15) is 0 Å². The molecule has 3 rings (SSSR count). The summed E-state index contributed by atoms with van der Waals surface area (Å²) in [5.74, 6) is 0. The smallest absolute Gasteiger partial charge is 0.0559 e. The van der Waals surface area contributed by atoms with E-state index in [0.717, 1.165) is 6.42 Å². The van der Waals surface area contributed by atoms with Gasteiger partial charge in [0.25, 0.3) is 0 Å². The average Bonchev–Trinajstić information content (AvgIpc) is 2.45. The van der Waals surface area contributed by atoms with Crippen LogP contribution in [-0.2, 0) is 6.42 Å². The Morgan fingerprint density at radius 1 is 1.05 bits per heavy atom. The minimum atomic E-state index is 0.533. The summed E-state index contributed by atoms with van der Waals surface area (Å²) in [6.07, 6.45) is 1.06. The van der Waals surface area contributed by atoms with E-state index in [1.165, 1.54) is 26.7 Å². The number of para-hydroxylation sites is 2. The van der Waals surface area contributed by atoms with E-state index in [1.807, 2.05) is 11.8 Å². The van der Waals surface area contributed by atoms with Crippen LogP contribution >= 0.6 is 11.8 Å². The number of benzene rings is 2. The van der Waals surface area contributed by atoms with Crippen LogP contribution in [0.3, 0.4) is 0 Å². The van der Waals surface area contributed by atoms with Gasteiger partial charge in [-0.2, -0.15) is 0 Å². The largest absolute Gasteiger partial charge is 0.353 e. The maximum Gasteiger partial charge on any atom is 0.0559 e. The van der Waals surface area contributed by atoms with Crippen LogP contribution in [0.4, 0.5) is 11.4 Å². The molecular formula is C17H20N2S. The predicted octanol–water partition coefficient (Wildman–Crippen LogP) is 4.39. The van der Waals surface area contributed by atoms with Crippen molar-refractivity contribution in [2.24, 2.45) is 0 Å². The normalized spacial score (nSPS) is 14.4. The van der Waals surface area contributed by atoms with E-state index in [4.69, 9.17) is 0 Å². The van der Waals surface area contributed by atoms with Crippen LogP contribution < -0.4 is 5.32 Å². The molecule has 1 unspecified atom stereocenters.